The van der Waals surface area contributed by atoms with E-state index in [1.165, 1.54) is 20.0 Å². The van der Waals surface area contributed by atoms with Crippen molar-refractivity contribution in [1.29, 1.82) is 0 Å². The van der Waals surface area contributed by atoms with Crippen LogP contribution in [0.1, 0.15) is 40.1 Å². The second kappa shape index (κ2) is 6.56. The monoisotopic (exact) mass is 281 g/mol. The first-order chi connectivity index (χ1) is 10.1. The zero-order valence-corrected chi connectivity index (χ0v) is 11.8. The van der Waals surface area contributed by atoms with Gasteiger partial charge in [-0.3, -0.25) is 15.0 Å². The highest BCUT2D eigenvalue weighted by Gasteiger charge is 1.99. The Balaban J connectivity index is 1.98. The smallest absolute Gasteiger partial charge is 0.161 e. The van der Waals surface area contributed by atoms with Gasteiger partial charge in [0.05, 0.1) is 6.21 Å². The van der Waals surface area contributed by atoms with Crippen LogP contribution in [0.5, 0.6) is 0 Å². The van der Waals surface area contributed by atoms with E-state index in [1.54, 1.807) is 30.5 Å². The number of benzene rings is 1. The van der Waals surface area contributed by atoms with E-state index >= 15 is 0 Å². The van der Waals surface area contributed by atoms with Crippen LogP contribution in [0.15, 0.2) is 47.7 Å². The van der Waals surface area contributed by atoms with Gasteiger partial charge in [0.15, 0.2) is 11.6 Å². The molecule has 0 bridgehead atoms. The van der Waals surface area contributed by atoms with Gasteiger partial charge in [0, 0.05) is 17.3 Å². The minimum atomic E-state index is -0.0249. The van der Waals surface area contributed by atoms with E-state index in [0.29, 0.717) is 16.9 Å². The van der Waals surface area contributed by atoms with Gasteiger partial charge in [-0.2, -0.15) is 5.10 Å². The normalized spacial score (nSPS) is 10.6. The SMILES string of the molecule is CC(=O)c1ccc(/C=N\Nc2ccc(C(C)=O)cn2)cc1. The molecular formula is C16H15N3O2. The van der Waals surface area contributed by atoms with Gasteiger partial charge >= 0.3 is 0 Å². The molecule has 5 nitrogen and oxygen atoms in total. The van der Waals surface area contributed by atoms with Crippen LogP contribution in [-0.4, -0.2) is 22.8 Å². The van der Waals surface area contributed by atoms with E-state index in [9.17, 15) is 9.59 Å². The summed E-state index contributed by atoms with van der Waals surface area (Å²) in [5.41, 5.74) is 4.87. The van der Waals surface area contributed by atoms with E-state index in [2.05, 4.69) is 15.5 Å². The summed E-state index contributed by atoms with van der Waals surface area (Å²) in [5, 5.41) is 4.05. The van der Waals surface area contributed by atoms with E-state index in [0.717, 1.165) is 5.56 Å². The number of aromatic nitrogens is 1. The van der Waals surface area contributed by atoms with Gasteiger partial charge in [0.25, 0.3) is 0 Å². The molecule has 0 saturated carbocycles. The third kappa shape index (κ3) is 4.07. The fourth-order valence-electron chi connectivity index (χ4n) is 1.65. The fraction of sp³-hybridized carbons (Fsp3) is 0.125. The lowest BCUT2D eigenvalue weighted by atomic mass is 10.1. The van der Waals surface area contributed by atoms with Crippen LogP contribution >= 0.6 is 0 Å². The largest absolute Gasteiger partial charge is 0.295 e. The lowest BCUT2D eigenvalue weighted by molar-refractivity contribution is 0.100. The Morgan fingerprint density at radius 2 is 1.62 bits per heavy atom. The Bertz CT molecular complexity index is 674. The molecule has 0 atom stereocenters. The highest BCUT2D eigenvalue weighted by atomic mass is 16.1. The molecule has 1 aromatic heterocycles. The molecule has 0 radical (unpaired) electrons. The topological polar surface area (TPSA) is 71.4 Å². The van der Waals surface area contributed by atoms with Crippen molar-refractivity contribution >= 4 is 23.6 Å². The number of anilines is 1. The van der Waals surface area contributed by atoms with Crippen molar-refractivity contribution in [3.05, 3.63) is 59.3 Å². The maximum atomic E-state index is 11.2. The first-order valence-corrected chi connectivity index (χ1v) is 6.43. The number of hydrogen-bond donors (Lipinski definition) is 1. The van der Waals surface area contributed by atoms with Gasteiger partial charge in [0.2, 0.25) is 0 Å². The molecule has 0 amide bonds. The number of nitrogens with one attached hydrogen (secondary N) is 1. The number of carbonyl (C=O) groups excluding carboxylic acids is 2. The summed E-state index contributed by atoms with van der Waals surface area (Å²) in [6, 6.07) is 10.5. The van der Waals surface area contributed by atoms with Gasteiger partial charge < -0.3 is 0 Å². The van der Waals surface area contributed by atoms with Crippen LogP contribution in [0.3, 0.4) is 0 Å². The zero-order valence-electron chi connectivity index (χ0n) is 11.8. The highest BCUT2D eigenvalue weighted by molar-refractivity contribution is 5.95. The van der Waals surface area contributed by atoms with E-state index in [-0.39, 0.29) is 11.6 Å². The standard InChI is InChI=1S/C16H15N3O2/c1-11(20)14-5-3-13(4-6-14)9-18-19-16-8-7-15(10-17-16)12(2)21/h3-10H,1-2H3,(H,17,19)/b18-9-. The first-order valence-electron chi connectivity index (χ1n) is 6.43. The minimum Gasteiger partial charge on any atom is -0.295 e. The van der Waals surface area contributed by atoms with Gasteiger partial charge in [-0.05, 0) is 31.5 Å². The molecule has 0 aliphatic rings. The molecule has 0 spiro atoms. The number of rotatable bonds is 5. The maximum absolute atomic E-state index is 11.2. The van der Waals surface area contributed by atoms with Crippen LogP contribution in [0.4, 0.5) is 5.82 Å². The van der Waals surface area contributed by atoms with Crippen molar-refractivity contribution in [2.75, 3.05) is 5.43 Å². The van der Waals surface area contributed by atoms with Crippen LogP contribution in [0, 0.1) is 0 Å². The maximum Gasteiger partial charge on any atom is 0.161 e. The molecule has 106 valence electrons. The molecule has 0 saturated heterocycles. The Morgan fingerprint density at radius 1 is 1.00 bits per heavy atom. The Labute approximate surface area is 122 Å². The molecule has 21 heavy (non-hydrogen) atoms. The van der Waals surface area contributed by atoms with E-state index < -0.39 is 0 Å². The molecule has 5 heteroatoms. The molecule has 1 aromatic carbocycles. The number of nitrogens with zero attached hydrogens (tertiary/aromatic N) is 2. The summed E-state index contributed by atoms with van der Waals surface area (Å²) in [6.45, 7) is 3.02. The average Bonchev–Trinajstić information content (AvgIpc) is 2.48. The molecule has 0 aliphatic heterocycles. The molecule has 2 aromatic rings. The third-order valence-corrected chi connectivity index (χ3v) is 2.88. The number of ketones is 2. The number of carbonyl (C=O) groups is 2. The Kier molecular flexibility index (Phi) is 4.56. The summed E-state index contributed by atoms with van der Waals surface area (Å²) in [5.74, 6) is 0.561. The predicted octanol–water partition coefficient (Wildman–Crippen LogP) is 2.93. The van der Waals surface area contributed by atoms with E-state index in [4.69, 9.17) is 0 Å². The number of Topliss-reactive ketones (excluding diaryl/α,β-unsaturated/α-hetero) is 2. The van der Waals surface area contributed by atoms with Crippen molar-refractivity contribution in [2.45, 2.75) is 13.8 Å². The van der Waals surface area contributed by atoms with Crippen molar-refractivity contribution in [1.82, 2.24) is 4.98 Å². The number of pyridine rings is 1. The van der Waals surface area contributed by atoms with Crippen LogP contribution < -0.4 is 5.43 Å². The summed E-state index contributed by atoms with van der Waals surface area (Å²) >= 11 is 0. The molecule has 1 heterocycles. The molecule has 0 fully saturated rings. The van der Waals surface area contributed by atoms with Crippen molar-refractivity contribution < 1.29 is 9.59 Å². The minimum absolute atomic E-state index is 0.0249. The van der Waals surface area contributed by atoms with Crippen molar-refractivity contribution in [3.8, 4) is 0 Å². The van der Waals surface area contributed by atoms with Crippen LogP contribution in [0.25, 0.3) is 0 Å². The molecular weight excluding hydrogens is 266 g/mol. The van der Waals surface area contributed by atoms with Gasteiger partial charge in [-0.25, -0.2) is 4.98 Å². The van der Waals surface area contributed by atoms with Gasteiger partial charge in [-0.15, -0.1) is 0 Å². The van der Waals surface area contributed by atoms with Crippen LogP contribution in [0.2, 0.25) is 0 Å². The first kappa shape index (κ1) is 14.6. The summed E-state index contributed by atoms with van der Waals surface area (Å²) in [7, 11) is 0. The van der Waals surface area contributed by atoms with E-state index in [1.807, 2.05) is 12.1 Å². The predicted molar refractivity (Wildman–Crippen MR) is 81.9 cm³/mol. The lowest BCUT2D eigenvalue weighted by Gasteiger charge is -2.00. The Morgan fingerprint density at radius 3 is 2.14 bits per heavy atom. The molecule has 2 rings (SSSR count). The average molecular weight is 281 g/mol. The van der Waals surface area contributed by atoms with Crippen molar-refractivity contribution in [2.24, 2.45) is 5.10 Å². The molecule has 0 aliphatic carbocycles. The number of hydrazone groups is 1. The Hall–Kier alpha value is -2.82. The van der Waals surface area contributed by atoms with Gasteiger partial charge in [-0.1, -0.05) is 24.3 Å². The zero-order chi connectivity index (χ0) is 15.2. The molecule has 0 unspecified atom stereocenters. The summed E-state index contributed by atoms with van der Waals surface area (Å²) in [4.78, 5) is 26.3. The highest BCUT2D eigenvalue weighted by Crippen LogP contribution is 2.06. The van der Waals surface area contributed by atoms with Crippen molar-refractivity contribution in [3.63, 3.8) is 0 Å². The quantitative estimate of drug-likeness (QED) is 0.519. The second-order valence-electron chi connectivity index (χ2n) is 4.54. The lowest BCUT2D eigenvalue weighted by Crippen LogP contribution is -1.97. The summed E-state index contributed by atoms with van der Waals surface area (Å²) < 4.78 is 0. The third-order valence-electron chi connectivity index (χ3n) is 2.88. The summed E-state index contributed by atoms with van der Waals surface area (Å²) in [6.07, 6.45) is 3.13. The molecule has 1 N–H and O–H groups in total. The van der Waals surface area contributed by atoms with Crippen LogP contribution in [-0.2, 0) is 0 Å². The second-order valence-corrected chi connectivity index (χ2v) is 4.54. The number of hydrogen-bond acceptors (Lipinski definition) is 5. The van der Waals surface area contributed by atoms with Gasteiger partial charge in [0.1, 0.15) is 5.82 Å². The fourth-order valence-corrected chi connectivity index (χ4v) is 1.65.